The Labute approximate surface area is 94.5 Å². The van der Waals surface area contributed by atoms with E-state index in [1.165, 1.54) is 0 Å². The van der Waals surface area contributed by atoms with Crippen molar-refractivity contribution in [1.29, 1.82) is 0 Å². The lowest BCUT2D eigenvalue weighted by atomic mass is 10.1. The summed E-state index contributed by atoms with van der Waals surface area (Å²) in [4.78, 5) is 13.2. The molecule has 2 aliphatic rings. The van der Waals surface area contributed by atoms with Crippen LogP contribution in [-0.4, -0.2) is 67.6 Å². The van der Waals surface area contributed by atoms with Crippen molar-refractivity contribution in [2.75, 3.05) is 31.1 Å². The molecule has 0 aliphatic carbocycles. The lowest BCUT2D eigenvalue weighted by Crippen LogP contribution is -2.55. The molecule has 2 rings (SSSR count). The molecule has 2 fully saturated rings. The fraction of sp³-hybridized carbons (Fsp3) is 0.889. The first-order chi connectivity index (χ1) is 7.46. The van der Waals surface area contributed by atoms with Crippen LogP contribution >= 0.6 is 0 Å². The maximum Gasteiger partial charge on any atom is 0.224 e. The van der Waals surface area contributed by atoms with Crippen LogP contribution in [0.1, 0.15) is 6.42 Å². The molecule has 0 radical (unpaired) electrons. The number of hydrogen-bond acceptors (Lipinski definition) is 5. The third-order valence-corrected chi connectivity index (χ3v) is 4.67. The molecule has 1 unspecified atom stereocenters. The van der Waals surface area contributed by atoms with E-state index in [9.17, 15) is 13.2 Å². The Morgan fingerprint density at radius 1 is 1.44 bits per heavy atom. The van der Waals surface area contributed by atoms with E-state index in [2.05, 4.69) is 5.32 Å². The van der Waals surface area contributed by atoms with Crippen molar-refractivity contribution in [2.24, 2.45) is 0 Å². The van der Waals surface area contributed by atoms with Gasteiger partial charge in [0.2, 0.25) is 5.91 Å². The maximum absolute atomic E-state index is 11.6. The Morgan fingerprint density at radius 2 is 2.12 bits per heavy atom. The molecule has 0 aromatic heterocycles. The molecule has 7 heteroatoms. The van der Waals surface area contributed by atoms with Gasteiger partial charge < -0.3 is 15.3 Å². The highest BCUT2D eigenvalue weighted by Crippen LogP contribution is 2.12. The van der Waals surface area contributed by atoms with Crippen LogP contribution in [0.5, 0.6) is 0 Å². The van der Waals surface area contributed by atoms with E-state index in [0.29, 0.717) is 19.6 Å². The molecule has 2 saturated heterocycles. The Morgan fingerprint density at radius 3 is 2.69 bits per heavy atom. The fourth-order valence-electron chi connectivity index (χ4n) is 2.00. The van der Waals surface area contributed by atoms with Crippen LogP contribution in [-0.2, 0) is 14.6 Å². The van der Waals surface area contributed by atoms with Gasteiger partial charge in [-0.1, -0.05) is 0 Å². The number of amides is 1. The molecule has 0 spiro atoms. The molecule has 2 heterocycles. The number of rotatable bonds is 2. The van der Waals surface area contributed by atoms with Crippen LogP contribution in [0.3, 0.4) is 0 Å². The largest absolute Gasteiger partial charge is 0.389 e. The topological polar surface area (TPSA) is 86.7 Å². The van der Waals surface area contributed by atoms with Crippen molar-refractivity contribution in [2.45, 2.75) is 18.6 Å². The van der Waals surface area contributed by atoms with Crippen LogP contribution in [0, 0.1) is 0 Å². The summed E-state index contributed by atoms with van der Waals surface area (Å²) < 4.78 is 22.7. The summed E-state index contributed by atoms with van der Waals surface area (Å²) in [5.41, 5.74) is 0. The van der Waals surface area contributed by atoms with E-state index >= 15 is 0 Å². The van der Waals surface area contributed by atoms with Crippen LogP contribution in [0.15, 0.2) is 0 Å². The molecule has 1 atom stereocenters. The van der Waals surface area contributed by atoms with Gasteiger partial charge in [0.25, 0.3) is 0 Å². The Bertz CT molecular complexity index is 375. The quantitative estimate of drug-likeness (QED) is 0.588. The first kappa shape index (κ1) is 11.8. The van der Waals surface area contributed by atoms with Gasteiger partial charge in [-0.3, -0.25) is 4.79 Å². The van der Waals surface area contributed by atoms with Gasteiger partial charge in [-0.2, -0.15) is 0 Å². The lowest BCUT2D eigenvalue weighted by molar-refractivity contribution is -0.141. The SMILES string of the molecule is O=C(CC1CS(=O)(=O)CCN1)N1CC(O)C1. The predicted octanol–water partition coefficient (Wildman–Crippen LogP) is -2.03. The van der Waals surface area contributed by atoms with E-state index in [1.54, 1.807) is 4.90 Å². The van der Waals surface area contributed by atoms with Gasteiger partial charge in [0.05, 0.1) is 17.6 Å². The number of carbonyl (C=O) groups excluding carboxylic acids is 1. The van der Waals surface area contributed by atoms with Crippen molar-refractivity contribution in [3.8, 4) is 0 Å². The van der Waals surface area contributed by atoms with Gasteiger partial charge in [0.1, 0.15) is 0 Å². The van der Waals surface area contributed by atoms with Crippen molar-refractivity contribution in [3.63, 3.8) is 0 Å². The molecular weight excluding hydrogens is 232 g/mol. The van der Waals surface area contributed by atoms with Crippen molar-refractivity contribution >= 4 is 15.7 Å². The number of likely N-dealkylation sites (tertiary alicyclic amines) is 1. The van der Waals surface area contributed by atoms with Gasteiger partial charge in [0, 0.05) is 32.1 Å². The van der Waals surface area contributed by atoms with E-state index in [4.69, 9.17) is 5.11 Å². The smallest absolute Gasteiger partial charge is 0.224 e. The molecule has 2 aliphatic heterocycles. The average molecular weight is 248 g/mol. The summed E-state index contributed by atoms with van der Waals surface area (Å²) in [5, 5.41) is 12.1. The number of hydrogen-bond donors (Lipinski definition) is 2. The first-order valence-electron chi connectivity index (χ1n) is 5.36. The Hall–Kier alpha value is -0.660. The summed E-state index contributed by atoms with van der Waals surface area (Å²) in [6, 6.07) is -0.274. The highest BCUT2D eigenvalue weighted by molar-refractivity contribution is 7.91. The van der Waals surface area contributed by atoms with Crippen molar-refractivity contribution < 1.29 is 18.3 Å². The minimum absolute atomic E-state index is 0.0368. The van der Waals surface area contributed by atoms with E-state index < -0.39 is 15.9 Å². The molecule has 0 saturated carbocycles. The number of carbonyl (C=O) groups is 1. The number of nitrogens with zero attached hydrogens (tertiary/aromatic N) is 1. The zero-order valence-electron chi connectivity index (χ0n) is 8.92. The molecule has 0 aromatic carbocycles. The van der Waals surface area contributed by atoms with Gasteiger partial charge in [-0.05, 0) is 0 Å². The maximum atomic E-state index is 11.6. The van der Waals surface area contributed by atoms with Gasteiger partial charge in [-0.15, -0.1) is 0 Å². The second-order valence-electron chi connectivity index (χ2n) is 4.42. The fourth-order valence-corrected chi connectivity index (χ4v) is 3.44. The number of aliphatic hydroxyl groups excluding tert-OH is 1. The second-order valence-corrected chi connectivity index (χ2v) is 6.65. The Kier molecular flexibility index (Phi) is 3.18. The summed E-state index contributed by atoms with van der Waals surface area (Å²) in [6.45, 7) is 1.17. The van der Waals surface area contributed by atoms with Gasteiger partial charge >= 0.3 is 0 Å². The molecular formula is C9H16N2O4S. The van der Waals surface area contributed by atoms with Crippen molar-refractivity contribution in [3.05, 3.63) is 0 Å². The summed E-state index contributed by atoms with van der Waals surface area (Å²) in [6.07, 6.45) is -0.210. The molecule has 1 amide bonds. The number of β-amino-alcohol motifs (C(OH)–C–C–N with tert-alkyl or cyclic N) is 1. The second kappa shape index (κ2) is 4.31. The van der Waals surface area contributed by atoms with E-state index in [0.717, 1.165) is 0 Å². The van der Waals surface area contributed by atoms with Gasteiger partial charge in [-0.25, -0.2) is 8.42 Å². The van der Waals surface area contributed by atoms with E-state index in [-0.39, 0.29) is 29.9 Å². The highest BCUT2D eigenvalue weighted by atomic mass is 32.2. The van der Waals surface area contributed by atoms with E-state index in [1.807, 2.05) is 0 Å². The Balaban J connectivity index is 1.83. The summed E-state index contributed by atoms with van der Waals surface area (Å²) in [5.74, 6) is 0.106. The van der Waals surface area contributed by atoms with Crippen LogP contribution in [0.2, 0.25) is 0 Å². The van der Waals surface area contributed by atoms with Gasteiger partial charge in [0.15, 0.2) is 9.84 Å². The minimum Gasteiger partial charge on any atom is -0.389 e. The third kappa shape index (κ3) is 2.72. The number of sulfone groups is 1. The first-order valence-corrected chi connectivity index (χ1v) is 7.18. The zero-order chi connectivity index (χ0) is 11.8. The molecule has 6 nitrogen and oxygen atoms in total. The standard InChI is InChI=1S/C9H16N2O4S/c12-8-4-11(5-8)9(13)3-7-6-16(14,15)2-1-10-7/h7-8,10,12H,1-6H2. The van der Waals surface area contributed by atoms with Crippen LogP contribution < -0.4 is 5.32 Å². The zero-order valence-corrected chi connectivity index (χ0v) is 9.74. The van der Waals surface area contributed by atoms with Crippen molar-refractivity contribution in [1.82, 2.24) is 10.2 Å². The van der Waals surface area contributed by atoms with Crippen LogP contribution in [0.25, 0.3) is 0 Å². The van der Waals surface area contributed by atoms with Crippen LogP contribution in [0.4, 0.5) is 0 Å². The average Bonchev–Trinajstić information content (AvgIpc) is 2.11. The normalized spacial score (nSPS) is 29.8. The molecule has 0 aromatic rings. The summed E-state index contributed by atoms with van der Waals surface area (Å²) >= 11 is 0. The lowest BCUT2D eigenvalue weighted by Gasteiger charge is -2.37. The minimum atomic E-state index is -2.99. The third-order valence-electron chi connectivity index (χ3n) is 2.94. The summed E-state index contributed by atoms with van der Waals surface area (Å²) in [7, 11) is -2.99. The number of aliphatic hydroxyl groups is 1. The number of nitrogens with one attached hydrogen (secondary N) is 1. The predicted molar refractivity (Wildman–Crippen MR) is 57.6 cm³/mol. The molecule has 0 bridgehead atoms. The molecule has 92 valence electrons. The highest BCUT2D eigenvalue weighted by Gasteiger charge is 2.32. The molecule has 16 heavy (non-hydrogen) atoms. The monoisotopic (exact) mass is 248 g/mol. The molecule has 2 N–H and O–H groups in total.